The smallest absolute Gasteiger partial charge is 0.174 e. The summed E-state index contributed by atoms with van der Waals surface area (Å²) in [6, 6.07) is -0.132. The van der Waals surface area contributed by atoms with E-state index in [4.69, 9.17) is 15.3 Å². The van der Waals surface area contributed by atoms with Crippen LogP contribution in [0.4, 0.5) is 0 Å². The molecular weight excluding hydrogens is 324 g/mol. The molecule has 1 unspecified atom stereocenters. The minimum absolute atomic E-state index is 0.132. The van der Waals surface area contributed by atoms with E-state index >= 15 is 0 Å². The molecule has 1 heterocycles. The van der Waals surface area contributed by atoms with Gasteiger partial charge in [0.15, 0.2) is 6.29 Å². The van der Waals surface area contributed by atoms with E-state index in [1.54, 1.807) is 0 Å². The van der Waals surface area contributed by atoms with Gasteiger partial charge in [0.2, 0.25) is 0 Å². The largest absolute Gasteiger partial charge is 0.351 e. The number of aryl methyl sites for hydroxylation is 2. The third kappa shape index (κ3) is 4.26. The number of nitrogens with one attached hydrogen (secondary N) is 1. The third-order valence-corrected chi connectivity index (χ3v) is 4.10. The summed E-state index contributed by atoms with van der Waals surface area (Å²) in [5.74, 6) is 5.68. The fourth-order valence-electron chi connectivity index (χ4n) is 2.11. The zero-order chi connectivity index (χ0) is 15.1. The molecule has 0 aliphatic carbocycles. The van der Waals surface area contributed by atoms with Gasteiger partial charge in [0.25, 0.3) is 0 Å². The van der Waals surface area contributed by atoms with Gasteiger partial charge in [-0.3, -0.25) is 16.0 Å². The molecule has 0 radical (unpaired) electrons. The second-order valence-corrected chi connectivity index (χ2v) is 5.21. The molecular formula is C13H25BrN4O2. The molecule has 7 heteroatoms. The predicted molar refractivity (Wildman–Crippen MR) is 82.2 cm³/mol. The van der Waals surface area contributed by atoms with Gasteiger partial charge in [-0.15, -0.1) is 0 Å². The highest BCUT2D eigenvalue weighted by Gasteiger charge is 2.25. The van der Waals surface area contributed by atoms with Crippen molar-refractivity contribution in [1.82, 2.24) is 15.2 Å². The number of halogens is 1. The second kappa shape index (κ2) is 8.74. The first-order valence-corrected chi connectivity index (χ1v) is 7.79. The van der Waals surface area contributed by atoms with E-state index in [0.717, 1.165) is 22.4 Å². The van der Waals surface area contributed by atoms with Gasteiger partial charge in [0.1, 0.15) is 0 Å². The standard InChI is InChI=1S/C13H25BrN4O2/c1-5-18-11(12(14)9(4)17-18)8-10(16-15)13(19-6-2)20-7-3/h10,13,16H,5-8,15H2,1-4H3. The Kier molecular flexibility index (Phi) is 7.68. The predicted octanol–water partition coefficient (Wildman–Crippen LogP) is 1.75. The average molecular weight is 349 g/mol. The Balaban J connectivity index is 2.91. The van der Waals surface area contributed by atoms with E-state index in [9.17, 15) is 0 Å². The lowest BCUT2D eigenvalue weighted by Gasteiger charge is -2.26. The van der Waals surface area contributed by atoms with Crippen LogP contribution in [-0.4, -0.2) is 35.3 Å². The summed E-state index contributed by atoms with van der Waals surface area (Å²) >= 11 is 3.59. The number of hydrazine groups is 1. The van der Waals surface area contributed by atoms with Gasteiger partial charge < -0.3 is 9.47 Å². The molecule has 0 bridgehead atoms. The van der Waals surface area contributed by atoms with E-state index in [1.165, 1.54) is 0 Å². The van der Waals surface area contributed by atoms with E-state index < -0.39 is 0 Å². The Morgan fingerprint density at radius 3 is 2.35 bits per heavy atom. The van der Waals surface area contributed by atoms with Crippen molar-refractivity contribution in [3.05, 3.63) is 15.9 Å². The van der Waals surface area contributed by atoms with Crippen LogP contribution in [0.1, 0.15) is 32.2 Å². The van der Waals surface area contributed by atoms with Crippen LogP contribution in [0.2, 0.25) is 0 Å². The summed E-state index contributed by atoms with van der Waals surface area (Å²) in [5.41, 5.74) is 4.86. The molecule has 0 amide bonds. The second-order valence-electron chi connectivity index (χ2n) is 4.42. The molecule has 1 atom stereocenters. The molecule has 116 valence electrons. The topological polar surface area (TPSA) is 74.3 Å². The summed E-state index contributed by atoms with van der Waals surface area (Å²) in [6.07, 6.45) is 0.304. The first-order valence-electron chi connectivity index (χ1n) is 6.99. The van der Waals surface area contributed by atoms with Crippen LogP contribution in [0, 0.1) is 6.92 Å². The summed E-state index contributed by atoms with van der Waals surface area (Å²) in [4.78, 5) is 0. The van der Waals surface area contributed by atoms with Gasteiger partial charge in [0, 0.05) is 26.2 Å². The average Bonchev–Trinajstić information content (AvgIpc) is 2.71. The third-order valence-electron chi connectivity index (χ3n) is 3.07. The Labute approximate surface area is 129 Å². The Morgan fingerprint density at radius 2 is 1.90 bits per heavy atom. The van der Waals surface area contributed by atoms with E-state index in [2.05, 4.69) is 33.4 Å². The van der Waals surface area contributed by atoms with Gasteiger partial charge in [-0.2, -0.15) is 5.10 Å². The maximum Gasteiger partial charge on any atom is 0.174 e. The molecule has 0 saturated carbocycles. The molecule has 0 aliphatic heterocycles. The summed E-state index contributed by atoms with van der Waals surface area (Å²) < 4.78 is 14.2. The van der Waals surface area contributed by atoms with E-state index in [-0.39, 0.29) is 12.3 Å². The van der Waals surface area contributed by atoms with Gasteiger partial charge >= 0.3 is 0 Å². The van der Waals surface area contributed by atoms with Crippen LogP contribution in [0.3, 0.4) is 0 Å². The molecule has 1 rings (SSSR count). The number of nitrogens with zero attached hydrogens (tertiary/aromatic N) is 2. The Morgan fingerprint density at radius 1 is 1.30 bits per heavy atom. The molecule has 1 aromatic heterocycles. The highest BCUT2D eigenvalue weighted by molar-refractivity contribution is 9.10. The molecule has 0 spiro atoms. The van der Waals surface area contributed by atoms with Crippen molar-refractivity contribution in [1.29, 1.82) is 0 Å². The SMILES string of the molecule is CCOC(OCC)C(Cc1c(Br)c(C)nn1CC)NN. The normalized spacial score (nSPS) is 13.2. The fourth-order valence-corrected chi connectivity index (χ4v) is 2.56. The molecule has 6 nitrogen and oxygen atoms in total. The van der Waals surface area contributed by atoms with Crippen LogP contribution in [0.25, 0.3) is 0 Å². The summed E-state index contributed by atoms with van der Waals surface area (Å²) in [5, 5.41) is 4.49. The maximum atomic E-state index is 5.68. The quantitative estimate of drug-likeness (QED) is 0.404. The van der Waals surface area contributed by atoms with Gasteiger partial charge in [-0.25, -0.2) is 0 Å². The Bertz CT molecular complexity index is 405. The molecule has 0 aromatic carbocycles. The van der Waals surface area contributed by atoms with Crippen molar-refractivity contribution < 1.29 is 9.47 Å². The van der Waals surface area contributed by atoms with Gasteiger partial charge in [-0.05, 0) is 43.6 Å². The van der Waals surface area contributed by atoms with E-state index in [0.29, 0.717) is 19.6 Å². The number of ether oxygens (including phenoxy) is 2. The van der Waals surface area contributed by atoms with E-state index in [1.807, 2.05) is 25.5 Å². The molecule has 3 N–H and O–H groups in total. The highest BCUT2D eigenvalue weighted by atomic mass is 79.9. The lowest BCUT2D eigenvalue weighted by molar-refractivity contribution is -0.154. The fraction of sp³-hybridized carbons (Fsp3) is 0.769. The van der Waals surface area contributed by atoms with Crippen molar-refractivity contribution in [3.63, 3.8) is 0 Å². The number of aromatic nitrogens is 2. The minimum atomic E-state index is -0.373. The van der Waals surface area contributed by atoms with Crippen LogP contribution in [0.15, 0.2) is 4.47 Å². The first-order chi connectivity index (χ1) is 9.58. The number of nitrogens with two attached hydrogens (primary N) is 1. The van der Waals surface area contributed by atoms with Crippen molar-refractivity contribution >= 4 is 15.9 Å². The van der Waals surface area contributed by atoms with Gasteiger partial charge in [0.05, 0.1) is 21.9 Å². The van der Waals surface area contributed by atoms with Crippen LogP contribution < -0.4 is 11.3 Å². The van der Waals surface area contributed by atoms with Crippen molar-refractivity contribution in [2.75, 3.05) is 13.2 Å². The summed E-state index contributed by atoms with van der Waals surface area (Å²) in [7, 11) is 0. The molecule has 0 saturated heterocycles. The molecule has 0 aliphatic rings. The van der Waals surface area contributed by atoms with Gasteiger partial charge in [-0.1, -0.05) is 0 Å². The molecule has 20 heavy (non-hydrogen) atoms. The number of hydrogen-bond donors (Lipinski definition) is 2. The van der Waals surface area contributed by atoms with Crippen molar-refractivity contribution in [3.8, 4) is 0 Å². The number of hydrogen-bond acceptors (Lipinski definition) is 5. The summed E-state index contributed by atoms with van der Waals surface area (Å²) in [6.45, 7) is 9.90. The van der Waals surface area contributed by atoms with Crippen LogP contribution in [-0.2, 0) is 22.4 Å². The maximum absolute atomic E-state index is 5.68. The lowest BCUT2D eigenvalue weighted by atomic mass is 10.1. The molecule has 0 fully saturated rings. The zero-order valence-electron chi connectivity index (χ0n) is 12.6. The Hall–Kier alpha value is -0.470. The van der Waals surface area contributed by atoms with Crippen molar-refractivity contribution in [2.45, 2.75) is 53.0 Å². The van der Waals surface area contributed by atoms with Crippen LogP contribution >= 0.6 is 15.9 Å². The minimum Gasteiger partial charge on any atom is -0.351 e. The monoisotopic (exact) mass is 348 g/mol. The zero-order valence-corrected chi connectivity index (χ0v) is 14.2. The van der Waals surface area contributed by atoms with Crippen molar-refractivity contribution in [2.24, 2.45) is 5.84 Å². The molecule has 1 aromatic rings. The highest BCUT2D eigenvalue weighted by Crippen LogP contribution is 2.23. The number of rotatable bonds is 9. The lowest BCUT2D eigenvalue weighted by Crippen LogP contribution is -2.48. The first kappa shape index (κ1) is 17.6. The van der Waals surface area contributed by atoms with Crippen LogP contribution in [0.5, 0.6) is 0 Å².